The van der Waals surface area contributed by atoms with Crippen molar-refractivity contribution >= 4 is 49.1 Å². The van der Waals surface area contributed by atoms with Crippen LogP contribution in [0.4, 0.5) is 5.69 Å². The first-order valence-corrected chi connectivity index (χ1v) is 10.2. The minimum atomic E-state index is -0.367. The minimum absolute atomic E-state index is 0.0864. The molecule has 4 aromatic rings. The summed E-state index contributed by atoms with van der Waals surface area (Å²) in [7, 11) is 0. The summed E-state index contributed by atoms with van der Waals surface area (Å²) in [5.74, 6) is 0.00448. The standard InChI is InChI=1S/C22H20N4O3S/c1-11-8-12(2)23-21-18(11)19-20(30-21)22(29)26(14(4)24-19)10-17(28)25-16-7-5-6-15(9-16)13(3)27/h5-9H,10H2,1-4H3,(H,25,28). The lowest BCUT2D eigenvalue weighted by molar-refractivity contribution is -0.116. The second-order valence-electron chi connectivity index (χ2n) is 7.28. The summed E-state index contributed by atoms with van der Waals surface area (Å²) in [5.41, 5.74) is 3.29. The number of amides is 1. The zero-order chi connectivity index (χ0) is 21.6. The third kappa shape index (κ3) is 3.50. The maximum absolute atomic E-state index is 13.1. The fourth-order valence-electron chi connectivity index (χ4n) is 3.51. The second kappa shape index (κ2) is 7.46. The summed E-state index contributed by atoms with van der Waals surface area (Å²) in [6.45, 7) is 6.91. The molecule has 0 saturated heterocycles. The van der Waals surface area contributed by atoms with E-state index in [0.717, 1.165) is 21.5 Å². The largest absolute Gasteiger partial charge is 0.325 e. The Labute approximate surface area is 176 Å². The van der Waals surface area contributed by atoms with E-state index in [0.29, 0.717) is 27.3 Å². The number of pyridine rings is 1. The summed E-state index contributed by atoms with van der Waals surface area (Å²) in [4.78, 5) is 47.2. The molecule has 0 unspecified atom stereocenters. The van der Waals surface area contributed by atoms with Gasteiger partial charge in [0.05, 0.1) is 5.52 Å². The van der Waals surface area contributed by atoms with E-state index < -0.39 is 0 Å². The van der Waals surface area contributed by atoms with Crippen molar-refractivity contribution in [3.63, 3.8) is 0 Å². The van der Waals surface area contributed by atoms with Gasteiger partial charge in [-0.15, -0.1) is 11.3 Å². The van der Waals surface area contributed by atoms with Crippen molar-refractivity contribution in [2.75, 3.05) is 5.32 Å². The Morgan fingerprint density at radius 1 is 1.13 bits per heavy atom. The molecule has 0 aliphatic heterocycles. The van der Waals surface area contributed by atoms with E-state index in [2.05, 4.69) is 15.3 Å². The molecule has 152 valence electrons. The molecule has 0 spiro atoms. The summed E-state index contributed by atoms with van der Waals surface area (Å²) in [6, 6.07) is 8.67. The molecule has 3 aromatic heterocycles. The van der Waals surface area contributed by atoms with Crippen molar-refractivity contribution < 1.29 is 9.59 Å². The molecule has 0 bridgehead atoms. The summed E-state index contributed by atoms with van der Waals surface area (Å²) in [5, 5.41) is 3.63. The highest BCUT2D eigenvalue weighted by molar-refractivity contribution is 7.25. The third-order valence-corrected chi connectivity index (χ3v) is 5.98. The highest BCUT2D eigenvalue weighted by atomic mass is 32.1. The van der Waals surface area contributed by atoms with Crippen molar-refractivity contribution in [3.8, 4) is 0 Å². The predicted molar refractivity (Wildman–Crippen MR) is 118 cm³/mol. The van der Waals surface area contributed by atoms with Crippen LogP contribution in [0, 0.1) is 20.8 Å². The molecule has 1 amide bonds. The molecule has 1 N–H and O–H groups in total. The summed E-state index contributed by atoms with van der Waals surface area (Å²) >= 11 is 1.30. The van der Waals surface area contributed by atoms with Gasteiger partial charge in [-0.1, -0.05) is 12.1 Å². The zero-order valence-electron chi connectivity index (χ0n) is 17.1. The molecule has 0 atom stereocenters. The van der Waals surface area contributed by atoms with E-state index in [1.54, 1.807) is 31.2 Å². The highest BCUT2D eigenvalue weighted by Gasteiger charge is 2.18. The summed E-state index contributed by atoms with van der Waals surface area (Å²) in [6.07, 6.45) is 0. The number of hydrogen-bond acceptors (Lipinski definition) is 6. The zero-order valence-corrected chi connectivity index (χ0v) is 17.9. The number of nitrogens with zero attached hydrogens (tertiary/aromatic N) is 3. The monoisotopic (exact) mass is 420 g/mol. The second-order valence-corrected chi connectivity index (χ2v) is 8.28. The van der Waals surface area contributed by atoms with E-state index in [1.807, 2.05) is 19.9 Å². The fourth-order valence-corrected chi connectivity index (χ4v) is 4.70. The predicted octanol–water partition coefficient (Wildman–Crippen LogP) is 3.77. The van der Waals surface area contributed by atoms with Crippen LogP contribution >= 0.6 is 11.3 Å². The van der Waals surface area contributed by atoms with E-state index in [1.165, 1.54) is 22.8 Å². The SMILES string of the molecule is CC(=O)c1cccc(NC(=O)Cn2c(C)nc3c(sc4nc(C)cc(C)c43)c2=O)c1. The molecule has 3 heterocycles. The molecule has 7 nitrogen and oxygen atoms in total. The lowest BCUT2D eigenvalue weighted by Crippen LogP contribution is -2.29. The number of aromatic nitrogens is 3. The van der Waals surface area contributed by atoms with Crippen LogP contribution in [-0.4, -0.2) is 26.2 Å². The Balaban J connectivity index is 1.71. The molecule has 0 radical (unpaired) electrons. The lowest BCUT2D eigenvalue weighted by atomic mass is 10.1. The molecule has 0 saturated carbocycles. The molecule has 30 heavy (non-hydrogen) atoms. The number of anilines is 1. The van der Waals surface area contributed by atoms with E-state index in [-0.39, 0.29) is 23.8 Å². The van der Waals surface area contributed by atoms with Gasteiger partial charge in [0.25, 0.3) is 5.56 Å². The van der Waals surface area contributed by atoms with Gasteiger partial charge in [-0.2, -0.15) is 0 Å². The van der Waals surface area contributed by atoms with Crippen molar-refractivity contribution in [1.82, 2.24) is 14.5 Å². The van der Waals surface area contributed by atoms with Crippen LogP contribution in [0.5, 0.6) is 0 Å². The Hall–Kier alpha value is -3.39. The van der Waals surface area contributed by atoms with Crippen LogP contribution < -0.4 is 10.9 Å². The van der Waals surface area contributed by atoms with Crippen molar-refractivity contribution in [2.45, 2.75) is 34.2 Å². The van der Waals surface area contributed by atoms with Gasteiger partial charge >= 0.3 is 0 Å². The van der Waals surface area contributed by atoms with E-state index in [4.69, 9.17) is 0 Å². The van der Waals surface area contributed by atoms with Gasteiger partial charge in [0.15, 0.2) is 5.78 Å². The lowest BCUT2D eigenvalue weighted by Gasteiger charge is -2.10. The normalized spacial score (nSPS) is 11.2. The van der Waals surface area contributed by atoms with Crippen LogP contribution in [0.25, 0.3) is 20.4 Å². The van der Waals surface area contributed by atoms with Crippen molar-refractivity contribution in [2.24, 2.45) is 0 Å². The van der Waals surface area contributed by atoms with Crippen LogP contribution in [0.15, 0.2) is 35.1 Å². The van der Waals surface area contributed by atoms with Crippen LogP contribution in [0.1, 0.15) is 34.4 Å². The average molecular weight is 420 g/mol. The molecule has 0 aliphatic carbocycles. The van der Waals surface area contributed by atoms with E-state index in [9.17, 15) is 14.4 Å². The first kappa shape index (κ1) is 19.9. The minimum Gasteiger partial charge on any atom is -0.325 e. The smallest absolute Gasteiger partial charge is 0.272 e. The molecular formula is C22H20N4O3S. The highest BCUT2D eigenvalue weighted by Crippen LogP contribution is 2.32. The first-order valence-electron chi connectivity index (χ1n) is 9.43. The van der Waals surface area contributed by atoms with Gasteiger partial charge in [0.1, 0.15) is 21.9 Å². The number of Topliss-reactive ketones (excluding diaryl/α,β-unsaturated/α-hetero) is 1. The number of ketones is 1. The Kier molecular flexibility index (Phi) is 4.95. The van der Waals surface area contributed by atoms with Crippen LogP contribution in [0.3, 0.4) is 0 Å². The van der Waals surface area contributed by atoms with Crippen molar-refractivity contribution in [1.29, 1.82) is 0 Å². The number of benzene rings is 1. The van der Waals surface area contributed by atoms with Crippen molar-refractivity contribution in [3.05, 3.63) is 63.3 Å². The van der Waals surface area contributed by atoms with Gasteiger partial charge in [-0.3, -0.25) is 19.0 Å². The maximum atomic E-state index is 13.1. The fraction of sp³-hybridized carbons (Fsp3) is 0.227. The quantitative estimate of drug-likeness (QED) is 0.507. The van der Waals surface area contributed by atoms with Gasteiger partial charge in [-0.05, 0) is 51.5 Å². The number of nitrogens with one attached hydrogen (secondary N) is 1. The number of carbonyl (C=O) groups excluding carboxylic acids is 2. The number of hydrogen-bond donors (Lipinski definition) is 1. The molecule has 1 aromatic carbocycles. The Bertz CT molecular complexity index is 1400. The summed E-state index contributed by atoms with van der Waals surface area (Å²) < 4.78 is 1.85. The molecule has 8 heteroatoms. The Morgan fingerprint density at radius 2 is 1.90 bits per heavy atom. The third-order valence-electron chi connectivity index (χ3n) is 4.92. The van der Waals surface area contributed by atoms with Crippen LogP contribution in [-0.2, 0) is 11.3 Å². The number of thiophene rings is 1. The molecule has 0 aliphatic rings. The van der Waals surface area contributed by atoms with Gasteiger partial charge < -0.3 is 5.32 Å². The molecular weight excluding hydrogens is 400 g/mol. The average Bonchev–Trinajstić information content (AvgIpc) is 3.03. The van der Waals surface area contributed by atoms with Crippen LogP contribution in [0.2, 0.25) is 0 Å². The molecule has 0 fully saturated rings. The van der Waals surface area contributed by atoms with Gasteiger partial charge in [0, 0.05) is 22.3 Å². The molecule has 4 rings (SSSR count). The van der Waals surface area contributed by atoms with Gasteiger partial charge in [0.2, 0.25) is 5.91 Å². The number of rotatable bonds is 4. The topological polar surface area (TPSA) is 93.9 Å². The number of fused-ring (bicyclic) bond motifs is 3. The number of carbonyl (C=O) groups is 2. The number of aryl methyl sites for hydroxylation is 3. The van der Waals surface area contributed by atoms with E-state index >= 15 is 0 Å². The van der Waals surface area contributed by atoms with Gasteiger partial charge in [-0.25, -0.2) is 9.97 Å². The Morgan fingerprint density at radius 3 is 2.63 bits per heavy atom. The maximum Gasteiger partial charge on any atom is 0.272 e. The first-order chi connectivity index (χ1) is 14.2.